The summed E-state index contributed by atoms with van der Waals surface area (Å²) in [5.41, 5.74) is 0. The largest absolute Gasteiger partial charge is 0.356 e. The van der Waals surface area contributed by atoms with Crippen LogP contribution in [0.5, 0.6) is 0 Å². The third kappa shape index (κ3) is 4.68. The van der Waals surface area contributed by atoms with Gasteiger partial charge < -0.3 is 10.6 Å². The molecule has 0 aromatic rings. The lowest BCUT2D eigenvalue weighted by Gasteiger charge is -2.16. The Morgan fingerprint density at radius 2 is 2.20 bits per heavy atom. The maximum absolute atomic E-state index is 4.19. The first-order valence-corrected chi connectivity index (χ1v) is 5.60. The molecule has 0 saturated heterocycles. The molecule has 1 rings (SSSR count). The van der Waals surface area contributed by atoms with E-state index in [1.54, 1.807) is 0 Å². The standard InChI is InChI=1S/C12H21N3/c1-3-4-7-10-14-12(13-2)15-11-8-5-6-9-11/h3-6,11H,7-10H2,1-2H3,(H2,13,14,15)/b4-3+. The molecular formula is C12H21N3. The fourth-order valence-corrected chi connectivity index (χ4v) is 1.56. The highest BCUT2D eigenvalue weighted by Gasteiger charge is 2.10. The highest BCUT2D eigenvalue weighted by atomic mass is 15.2. The Morgan fingerprint density at radius 1 is 1.47 bits per heavy atom. The van der Waals surface area contributed by atoms with Crippen molar-refractivity contribution in [1.29, 1.82) is 0 Å². The zero-order valence-corrected chi connectivity index (χ0v) is 9.66. The fraction of sp³-hybridized carbons (Fsp3) is 0.583. The molecule has 0 radical (unpaired) electrons. The summed E-state index contributed by atoms with van der Waals surface area (Å²) in [5, 5.41) is 6.69. The topological polar surface area (TPSA) is 36.4 Å². The first-order valence-electron chi connectivity index (χ1n) is 5.60. The Bertz CT molecular complexity index is 246. The van der Waals surface area contributed by atoms with Crippen LogP contribution in [0.2, 0.25) is 0 Å². The third-order valence-electron chi connectivity index (χ3n) is 2.41. The molecule has 0 aromatic heterocycles. The highest BCUT2D eigenvalue weighted by molar-refractivity contribution is 5.80. The van der Waals surface area contributed by atoms with Gasteiger partial charge in [-0.2, -0.15) is 0 Å². The quantitative estimate of drug-likeness (QED) is 0.319. The lowest BCUT2D eigenvalue weighted by Crippen LogP contribution is -2.42. The van der Waals surface area contributed by atoms with Crippen molar-refractivity contribution in [3.8, 4) is 0 Å². The van der Waals surface area contributed by atoms with Gasteiger partial charge in [-0.1, -0.05) is 24.3 Å². The van der Waals surface area contributed by atoms with Crippen LogP contribution in [0.15, 0.2) is 29.3 Å². The van der Waals surface area contributed by atoms with Crippen molar-refractivity contribution < 1.29 is 0 Å². The van der Waals surface area contributed by atoms with Crippen LogP contribution in [0.3, 0.4) is 0 Å². The molecule has 0 unspecified atom stereocenters. The lowest BCUT2D eigenvalue weighted by molar-refractivity contribution is 0.633. The lowest BCUT2D eigenvalue weighted by atomic mass is 10.2. The summed E-state index contributed by atoms with van der Waals surface area (Å²) in [5.74, 6) is 0.910. The van der Waals surface area contributed by atoms with Crippen molar-refractivity contribution in [2.45, 2.75) is 32.2 Å². The monoisotopic (exact) mass is 207 g/mol. The number of hydrogen-bond donors (Lipinski definition) is 2. The number of nitrogens with one attached hydrogen (secondary N) is 2. The number of allylic oxidation sites excluding steroid dienone is 1. The predicted octanol–water partition coefficient (Wildman–Crippen LogP) is 1.84. The summed E-state index contributed by atoms with van der Waals surface area (Å²) in [6.45, 7) is 2.97. The fourth-order valence-electron chi connectivity index (χ4n) is 1.56. The van der Waals surface area contributed by atoms with E-state index in [0.717, 1.165) is 31.8 Å². The molecule has 84 valence electrons. The first kappa shape index (κ1) is 11.8. The van der Waals surface area contributed by atoms with Gasteiger partial charge in [0, 0.05) is 19.6 Å². The molecule has 3 heteroatoms. The van der Waals surface area contributed by atoms with Gasteiger partial charge in [0.15, 0.2) is 5.96 Å². The second kappa shape index (κ2) is 7.10. The van der Waals surface area contributed by atoms with Crippen LogP contribution in [0.4, 0.5) is 0 Å². The van der Waals surface area contributed by atoms with E-state index in [0.29, 0.717) is 6.04 Å². The van der Waals surface area contributed by atoms with Crippen molar-refractivity contribution in [2.75, 3.05) is 13.6 Å². The maximum Gasteiger partial charge on any atom is 0.191 e. The molecular weight excluding hydrogens is 186 g/mol. The average molecular weight is 207 g/mol. The number of aliphatic imine (C=N–C) groups is 1. The second-order valence-corrected chi connectivity index (χ2v) is 3.64. The van der Waals surface area contributed by atoms with Crippen molar-refractivity contribution >= 4 is 5.96 Å². The summed E-state index contributed by atoms with van der Waals surface area (Å²) in [4.78, 5) is 4.19. The van der Waals surface area contributed by atoms with Crippen molar-refractivity contribution in [3.63, 3.8) is 0 Å². The Labute approximate surface area is 92.4 Å². The van der Waals surface area contributed by atoms with Crippen molar-refractivity contribution in [1.82, 2.24) is 10.6 Å². The molecule has 1 aliphatic rings. The van der Waals surface area contributed by atoms with Crippen LogP contribution in [0.1, 0.15) is 26.2 Å². The number of nitrogens with zero attached hydrogens (tertiary/aromatic N) is 1. The van der Waals surface area contributed by atoms with Gasteiger partial charge in [0.2, 0.25) is 0 Å². The van der Waals surface area contributed by atoms with E-state index in [9.17, 15) is 0 Å². The smallest absolute Gasteiger partial charge is 0.191 e. The number of hydrogen-bond acceptors (Lipinski definition) is 1. The summed E-state index contributed by atoms with van der Waals surface area (Å²) in [6.07, 6.45) is 11.9. The van der Waals surface area contributed by atoms with Gasteiger partial charge >= 0.3 is 0 Å². The molecule has 0 amide bonds. The zero-order chi connectivity index (χ0) is 10.9. The van der Waals surface area contributed by atoms with Gasteiger partial charge in [0.25, 0.3) is 0 Å². The van der Waals surface area contributed by atoms with Crippen LogP contribution < -0.4 is 10.6 Å². The maximum atomic E-state index is 4.19. The minimum absolute atomic E-state index is 0.526. The van der Waals surface area contributed by atoms with Crippen LogP contribution >= 0.6 is 0 Å². The van der Waals surface area contributed by atoms with Crippen LogP contribution in [-0.4, -0.2) is 25.6 Å². The molecule has 15 heavy (non-hydrogen) atoms. The van der Waals surface area contributed by atoms with E-state index < -0.39 is 0 Å². The van der Waals surface area contributed by atoms with Crippen LogP contribution in [0, 0.1) is 0 Å². The molecule has 0 saturated carbocycles. The van der Waals surface area contributed by atoms with Gasteiger partial charge in [-0.3, -0.25) is 4.99 Å². The van der Waals surface area contributed by atoms with Crippen molar-refractivity contribution in [3.05, 3.63) is 24.3 Å². The molecule has 2 N–H and O–H groups in total. The highest BCUT2D eigenvalue weighted by Crippen LogP contribution is 2.08. The normalized spacial score (nSPS) is 17.6. The first-order chi connectivity index (χ1) is 7.36. The Hall–Kier alpha value is -1.25. The van der Waals surface area contributed by atoms with Gasteiger partial charge in [0.05, 0.1) is 0 Å². The van der Waals surface area contributed by atoms with Crippen molar-refractivity contribution in [2.24, 2.45) is 4.99 Å². The molecule has 3 nitrogen and oxygen atoms in total. The third-order valence-corrected chi connectivity index (χ3v) is 2.41. The van der Waals surface area contributed by atoms with E-state index in [1.165, 1.54) is 0 Å². The van der Waals surface area contributed by atoms with E-state index in [4.69, 9.17) is 0 Å². The molecule has 0 spiro atoms. The van der Waals surface area contributed by atoms with Gasteiger partial charge in [-0.25, -0.2) is 0 Å². The molecule has 0 aromatic carbocycles. The summed E-state index contributed by atoms with van der Waals surface area (Å²) >= 11 is 0. The Kier molecular flexibility index (Phi) is 5.59. The molecule has 0 heterocycles. The Morgan fingerprint density at radius 3 is 2.80 bits per heavy atom. The number of guanidine groups is 1. The molecule has 0 fully saturated rings. The molecule has 0 aliphatic heterocycles. The molecule has 0 atom stereocenters. The summed E-state index contributed by atoms with van der Waals surface area (Å²) in [6, 6.07) is 0.526. The molecule has 1 aliphatic carbocycles. The van der Waals surface area contributed by atoms with E-state index >= 15 is 0 Å². The average Bonchev–Trinajstić information content (AvgIpc) is 2.75. The van der Waals surface area contributed by atoms with Gasteiger partial charge in [0.1, 0.15) is 0 Å². The minimum atomic E-state index is 0.526. The van der Waals surface area contributed by atoms with Gasteiger partial charge in [-0.05, 0) is 26.2 Å². The van der Waals surface area contributed by atoms with E-state index in [-0.39, 0.29) is 0 Å². The molecule has 0 bridgehead atoms. The second-order valence-electron chi connectivity index (χ2n) is 3.64. The zero-order valence-electron chi connectivity index (χ0n) is 9.66. The van der Waals surface area contributed by atoms with E-state index in [2.05, 4.69) is 39.9 Å². The summed E-state index contributed by atoms with van der Waals surface area (Å²) < 4.78 is 0. The minimum Gasteiger partial charge on any atom is -0.356 e. The SMILES string of the molecule is C/C=C/CCNC(=NC)NC1CC=CC1. The predicted molar refractivity (Wildman–Crippen MR) is 66.1 cm³/mol. The number of rotatable bonds is 4. The van der Waals surface area contributed by atoms with Crippen LogP contribution in [-0.2, 0) is 0 Å². The van der Waals surface area contributed by atoms with Crippen LogP contribution in [0.25, 0.3) is 0 Å². The van der Waals surface area contributed by atoms with E-state index in [1.807, 2.05) is 14.0 Å². The Balaban J connectivity index is 2.18. The van der Waals surface area contributed by atoms with Gasteiger partial charge in [-0.15, -0.1) is 0 Å². The summed E-state index contributed by atoms with van der Waals surface area (Å²) in [7, 11) is 1.81.